The Balaban J connectivity index is 1.44. The first-order chi connectivity index (χ1) is 14.6. The van der Waals surface area contributed by atoms with E-state index in [9.17, 15) is 4.79 Å². The predicted molar refractivity (Wildman–Crippen MR) is 120 cm³/mol. The molecule has 8 heteroatoms. The van der Waals surface area contributed by atoms with Crippen molar-refractivity contribution in [1.82, 2.24) is 15.2 Å². The molecule has 1 aliphatic heterocycles. The molecule has 30 heavy (non-hydrogen) atoms. The zero-order valence-corrected chi connectivity index (χ0v) is 17.9. The number of amides is 1. The first-order valence-corrected chi connectivity index (χ1v) is 10.2. The summed E-state index contributed by atoms with van der Waals surface area (Å²) in [6.45, 7) is 5.92. The van der Waals surface area contributed by atoms with Crippen LogP contribution in [0.1, 0.15) is 12.1 Å². The Hall–Kier alpha value is -3.29. The number of guanidine groups is 1. The molecule has 0 atom stereocenters. The monoisotopic (exact) mass is 410 g/mol. The van der Waals surface area contributed by atoms with Crippen LogP contribution in [0, 0.1) is 6.92 Å². The minimum Gasteiger partial charge on any atom is -0.497 e. The molecule has 1 amide bonds. The zero-order valence-electron chi connectivity index (χ0n) is 17.9. The minimum atomic E-state index is -0.0705. The number of ether oxygens (including phenoxy) is 1. The normalized spacial score (nSPS) is 14.4. The lowest BCUT2D eigenvalue weighted by atomic mass is 10.2. The molecule has 0 spiro atoms. The average molecular weight is 411 g/mol. The van der Waals surface area contributed by atoms with Gasteiger partial charge >= 0.3 is 0 Å². The molecule has 8 nitrogen and oxygen atoms in total. The topological polar surface area (TPSA) is 82.1 Å². The lowest BCUT2D eigenvalue weighted by molar-refractivity contribution is -0.116. The number of nitrogens with zero attached hydrogens (tertiary/aromatic N) is 4. The number of nitrogens with one attached hydrogen (secondary N) is 2. The number of benzene rings is 1. The molecule has 0 saturated carbocycles. The van der Waals surface area contributed by atoms with Gasteiger partial charge in [0.2, 0.25) is 5.91 Å². The standard InChI is InChI=1S/C22H30N6O2/c1-17-6-4-9-20(25-17)26-21(29)10-11-24-22(23-2)28-14-12-27(13-15-28)18-7-5-8-19(16-18)30-3/h4-9,16H,10-15H2,1-3H3,(H,23,24)(H,25,26,29). The summed E-state index contributed by atoms with van der Waals surface area (Å²) in [4.78, 5) is 25.4. The summed E-state index contributed by atoms with van der Waals surface area (Å²) in [5, 5.41) is 6.12. The van der Waals surface area contributed by atoms with Gasteiger partial charge in [-0.1, -0.05) is 12.1 Å². The van der Waals surface area contributed by atoms with Crippen LogP contribution in [0.4, 0.5) is 11.5 Å². The highest BCUT2D eigenvalue weighted by molar-refractivity contribution is 5.90. The van der Waals surface area contributed by atoms with Crippen molar-refractivity contribution >= 4 is 23.4 Å². The molecule has 160 valence electrons. The van der Waals surface area contributed by atoms with E-state index in [0.717, 1.165) is 43.6 Å². The van der Waals surface area contributed by atoms with Crippen molar-refractivity contribution in [1.29, 1.82) is 0 Å². The molecule has 3 rings (SSSR count). The third-order valence-electron chi connectivity index (χ3n) is 5.00. The molecule has 0 radical (unpaired) electrons. The van der Waals surface area contributed by atoms with Crippen LogP contribution in [0.25, 0.3) is 0 Å². The number of aliphatic imine (C=N–C) groups is 1. The average Bonchev–Trinajstić information content (AvgIpc) is 2.77. The highest BCUT2D eigenvalue weighted by atomic mass is 16.5. The van der Waals surface area contributed by atoms with E-state index in [0.29, 0.717) is 18.8 Å². The number of aromatic nitrogens is 1. The van der Waals surface area contributed by atoms with Gasteiger partial charge < -0.3 is 25.2 Å². The van der Waals surface area contributed by atoms with Crippen molar-refractivity contribution in [2.45, 2.75) is 13.3 Å². The maximum Gasteiger partial charge on any atom is 0.227 e. The van der Waals surface area contributed by atoms with Gasteiger partial charge in [0.15, 0.2) is 5.96 Å². The lowest BCUT2D eigenvalue weighted by Gasteiger charge is -2.37. The zero-order chi connectivity index (χ0) is 21.3. The number of aryl methyl sites for hydroxylation is 1. The van der Waals surface area contributed by atoms with Crippen LogP contribution in [0.5, 0.6) is 5.75 Å². The van der Waals surface area contributed by atoms with Crippen molar-refractivity contribution in [2.75, 3.05) is 57.1 Å². The van der Waals surface area contributed by atoms with Gasteiger partial charge in [-0.05, 0) is 31.2 Å². The van der Waals surface area contributed by atoms with E-state index in [-0.39, 0.29) is 5.91 Å². The molecule has 1 saturated heterocycles. The van der Waals surface area contributed by atoms with E-state index in [1.54, 1.807) is 20.2 Å². The molecular weight excluding hydrogens is 380 g/mol. The highest BCUT2D eigenvalue weighted by Gasteiger charge is 2.20. The highest BCUT2D eigenvalue weighted by Crippen LogP contribution is 2.22. The summed E-state index contributed by atoms with van der Waals surface area (Å²) >= 11 is 0. The van der Waals surface area contributed by atoms with E-state index in [1.807, 2.05) is 31.2 Å². The van der Waals surface area contributed by atoms with Gasteiger partial charge in [-0.15, -0.1) is 0 Å². The van der Waals surface area contributed by atoms with E-state index >= 15 is 0 Å². The maximum atomic E-state index is 12.2. The van der Waals surface area contributed by atoms with Crippen molar-refractivity contribution in [3.05, 3.63) is 48.2 Å². The number of anilines is 2. The Labute approximate surface area is 178 Å². The van der Waals surface area contributed by atoms with E-state index in [1.165, 1.54) is 5.69 Å². The van der Waals surface area contributed by atoms with E-state index < -0.39 is 0 Å². The second-order valence-electron chi connectivity index (χ2n) is 7.11. The Morgan fingerprint density at radius 3 is 2.63 bits per heavy atom. The Kier molecular flexibility index (Phi) is 7.48. The second kappa shape index (κ2) is 10.5. The number of carbonyl (C=O) groups is 1. The number of hydrogen-bond donors (Lipinski definition) is 2. The van der Waals surface area contributed by atoms with Crippen molar-refractivity contribution in [3.63, 3.8) is 0 Å². The molecule has 1 aliphatic rings. The van der Waals surface area contributed by atoms with E-state index in [4.69, 9.17) is 4.74 Å². The Morgan fingerprint density at radius 1 is 1.17 bits per heavy atom. The fourth-order valence-corrected chi connectivity index (χ4v) is 3.42. The van der Waals surface area contributed by atoms with Crippen LogP contribution < -0.4 is 20.3 Å². The summed E-state index contributed by atoms with van der Waals surface area (Å²) in [7, 11) is 3.46. The smallest absolute Gasteiger partial charge is 0.227 e. The maximum absolute atomic E-state index is 12.2. The van der Waals surface area contributed by atoms with Gasteiger partial charge in [-0.25, -0.2) is 4.98 Å². The van der Waals surface area contributed by atoms with Crippen LogP contribution in [0.3, 0.4) is 0 Å². The van der Waals surface area contributed by atoms with Crippen LogP contribution in [-0.2, 0) is 4.79 Å². The van der Waals surface area contributed by atoms with E-state index in [2.05, 4.69) is 42.5 Å². The van der Waals surface area contributed by atoms with Gasteiger partial charge in [-0.3, -0.25) is 9.79 Å². The summed E-state index contributed by atoms with van der Waals surface area (Å²) in [5.74, 6) is 2.20. The van der Waals surface area contributed by atoms with Crippen LogP contribution in [0.2, 0.25) is 0 Å². The number of pyridine rings is 1. The third-order valence-corrected chi connectivity index (χ3v) is 5.00. The molecule has 1 aromatic carbocycles. The van der Waals surface area contributed by atoms with Crippen molar-refractivity contribution < 1.29 is 9.53 Å². The Morgan fingerprint density at radius 2 is 1.93 bits per heavy atom. The fraction of sp³-hybridized carbons (Fsp3) is 0.409. The number of hydrogen-bond acceptors (Lipinski definition) is 5. The number of carbonyl (C=O) groups excluding carboxylic acids is 1. The third kappa shape index (κ3) is 5.85. The first-order valence-electron chi connectivity index (χ1n) is 10.2. The number of rotatable bonds is 6. The SMILES string of the molecule is CN=C(NCCC(=O)Nc1cccc(C)n1)N1CCN(c2cccc(OC)c2)CC1. The molecule has 2 heterocycles. The molecule has 1 fully saturated rings. The summed E-state index contributed by atoms with van der Waals surface area (Å²) in [6.07, 6.45) is 0.346. The summed E-state index contributed by atoms with van der Waals surface area (Å²) in [6, 6.07) is 13.7. The molecular formula is C22H30N6O2. The second-order valence-corrected chi connectivity index (χ2v) is 7.11. The van der Waals surface area contributed by atoms with Crippen LogP contribution in [-0.4, -0.2) is 68.6 Å². The van der Waals surface area contributed by atoms with Crippen molar-refractivity contribution in [3.8, 4) is 5.75 Å². The predicted octanol–water partition coefficient (Wildman–Crippen LogP) is 2.12. The largest absolute Gasteiger partial charge is 0.497 e. The van der Waals surface area contributed by atoms with Gasteiger partial charge in [0.05, 0.1) is 7.11 Å². The van der Waals surface area contributed by atoms with Gasteiger partial charge in [0, 0.05) is 63.6 Å². The van der Waals surface area contributed by atoms with Crippen molar-refractivity contribution in [2.24, 2.45) is 4.99 Å². The fourth-order valence-electron chi connectivity index (χ4n) is 3.42. The van der Waals surface area contributed by atoms with Crippen LogP contribution >= 0.6 is 0 Å². The van der Waals surface area contributed by atoms with Gasteiger partial charge in [0.25, 0.3) is 0 Å². The molecule has 2 aromatic rings. The number of piperazine rings is 1. The molecule has 2 N–H and O–H groups in total. The molecule has 0 bridgehead atoms. The molecule has 0 unspecified atom stereocenters. The number of methoxy groups -OCH3 is 1. The quantitative estimate of drug-likeness (QED) is 0.561. The van der Waals surface area contributed by atoms with Crippen LogP contribution in [0.15, 0.2) is 47.5 Å². The van der Waals surface area contributed by atoms with Gasteiger partial charge in [0.1, 0.15) is 11.6 Å². The first kappa shape index (κ1) is 21.4. The summed E-state index contributed by atoms with van der Waals surface area (Å²) in [5.41, 5.74) is 2.04. The molecule has 0 aliphatic carbocycles. The Bertz CT molecular complexity index is 877. The van der Waals surface area contributed by atoms with Gasteiger partial charge in [-0.2, -0.15) is 0 Å². The lowest BCUT2D eigenvalue weighted by Crippen LogP contribution is -2.52. The molecule has 1 aromatic heterocycles. The summed E-state index contributed by atoms with van der Waals surface area (Å²) < 4.78 is 5.33. The minimum absolute atomic E-state index is 0.0705.